The smallest absolute Gasteiger partial charge is 0.263 e. The first-order valence-electron chi connectivity index (χ1n) is 3.75. The van der Waals surface area contributed by atoms with Gasteiger partial charge in [-0.05, 0) is 0 Å². The van der Waals surface area contributed by atoms with Gasteiger partial charge in [0.1, 0.15) is 0 Å². The van der Waals surface area contributed by atoms with Crippen LogP contribution >= 0.6 is 0 Å². The summed E-state index contributed by atoms with van der Waals surface area (Å²) in [5, 5.41) is 0. The van der Waals surface area contributed by atoms with Crippen molar-refractivity contribution < 1.29 is 20.1 Å². The van der Waals surface area contributed by atoms with E-state index >= 15 is 0 Å². The van der Waals surface area contributed by atoms with E-state index < -0.39 is 0 Å². The molecule has 0 radical (unpaired) electrons. The molecule has 0 saturated carbocycles. The molecule has 0 aromatic carbocycles. The minimum atomic E-state index is 0. The first-order chi connectivity index (χ1) is 4.45. The molecule has 0 aromatic heterocycles. The summed E-state index contributed by atoms with van der Waals surface area (Å²) in [6.45, 7) is 10.9. The van der Waals surface area contributed by atoms with E-state index in [0.717, 1.165) is 0 Å². The number of allylic oxidation sites excluding steroid dienone is 4. The predicted molar refractivity (Wildman–Crippen MR) is 44.6 cm³/mol. The molecular formula is C10H15Ir+2. The van der Waals surface area contributed by atoms with Crippen LogP contribution in [-0.2, 0) is 20.1 Å². The van der Waals surface area contributed by atoms with Crippen LogP contribution in [0.1, 0.15) is 34.6 Å². The fourth-order valence-electron chi connectivity index (χ4n) is 1.41. The van der Waals surface area contributed by atoms with Crippen molar-refractivity contribution in [1.82, 2.24) is 0 Å². The van der Waals surface area contributed by atoms with Crippen LogP contribution < -0.4 is 0 Å². The summed E-state index contributed by atoms with van der Waals surface area (Å²) in [5.41, 5.74) is 4.39. The second kappa shape index (κ2) is 3.25. The van der Waals surface area contributed by atoms with Crippen molar-refractivity contribution in [1.29, 1.82) is 0 Å². The minimum absolute atomic E-state index is 0. The summed E-state index contributed by atoms with van der Waals surface area (Å²) in [5.74, 6) is 0. The fourth-order valence-corrected chi connectivity index (χ4v) is 1.41. The second-order valence-electron chi connectivity index (χ2n) is 3.62. The molecule has 0 saturated heterocycles. The van der Waals surface area contributed by atoms with Gasteiger partial charge in [-0.1, -0.05) is 33.1 Å². The molecule has 1 rings (SSSR count). The van der Waals surface area contributed by atoms with Gasteiger partial charge >= 0.3 is 20.1 Å². The van der Waals surface area contributed by atoms with E-state index in [0.29, 0.717) is 0 Å². The van der Waals surface area contributed by atoms with Crippen molar-refractivity contribution in [2.45, 2.75) is 34.6 Å². The SMILES string of the molecule is CC1=[C-]C(C)(C)C(C)=C1C.[Ir+3]. The molecule has 0 bridgehead atoms. The van der Waals surface area contributed by atoms with Crippen LogP contribution in [0.25, 0.3) is 0 Å². The van der Waals surface area contributed by atoms with Crippen molar-refractivity contribution in [3.8, 4) is 0 Å². The van der Waals surface area contributed by atoms with Gasteiger partial charge in [0, 0.05) is 0 Å². The molecule has 0 aromatic rings. The van der Waals surface area contributed by atoms with Gasteiger partial charge in [0.25, 0.3) is 0 Å². The average Bonchev–Trinajstić information content (AvgIpc) is 1.95. The zero-order valence-electron chi connectivity index (χ0n) is 7.83. The van der Waals surface area contributed by atoms with Crippen LogP contribution in [0.15, 0.2) is 16.7 Å². The van der Waals surface area contributed by atoms with Crippen molar-refractivity contribution in [3.63, 3.8) is 0 Å². The van der Waals surface area contributed by atoms with Crippen LogP contribution in [0.3, 0.4) is 0 Å². The van der Waals surface area contributed by atoms with E-state index in [9.17, 15) is 0 Å². The standard InChI is InChI=1S/C10H15.Ir/c1-7-6-10(4,5)9(3)8(7)2;/h1-5H3;/q-1;+3. The molecule has 0 fully saturated rings. The van der Waals surface area contributed by atoms with Crippen LogP contribution in [0.5, 0.6) is 0 Å². The molecule has 0 nitrogen and oxygen atoms in total. The van der Waals surface area contributed by atoms with Gasteiger partial charge in [0.05, 0.1) is 0 Å². The van der Waals surface area contributed by atoms with Crippen LogP contribution in [-0.4, -0.2) is 0 Å². The minimum Gasteiger partial charge on any atom is -0.263 e. The van der Waals surface area contributed by atoms with Gasteiger partial charge in [0.15, 0.2) is 0 Å². The molecule has 0 spiro atoms. The topological polar surface area (TPSA) is 0 Å². The molecule has 0 heterocycles. The van der Waals surface area contributed by atoms with Gasteiger partial charge in [-0.2, -0.15) is 11.1 Å². The average molecular weight is 327 g/mol. The Morgan fingerprint density at radius 3 is 1.64 bits per heavy atom. The van der Waals surface area contributed by atoms with E-state index in [1.165, 1.54) is 16.7 Å². The summed E-state index contributed by atoms with van der Waals surface area (Å²) in [6, 6.07) is 0. The monoisotopic (exact) mass is 328 g/mol. The van der Waals surface area contributed by atoms with E-state index in [1.54, 1.807) is 0 Å². The molecule has 1 aliphatic carbocycles. The van der Waals surface area contributed by atoms with Crippen LogP contribution in [0.4, 0.5) is 0 Å². The quantitative estimate of drug-likeness (QED) is 0.600. The molecule has 0 N–H and O–H groups in total. The third-order valence-electron chi connectivity index (χ3n) is 2.56. The Morgan fingerprint density at radius 1 is 1.09 bits per heavy atom. The summed E-state index contributed by atoms with van der Waals surface area (Å²) in [7, 11) is 0. The van der Waals surface area contributed by atoms with Crippen LogP contribution in [0.2, 0.25) is 0 Å². The summed E-state index contributed by atoms with van der Waals surface area (Å²) in [4.78, 5) is 0. The van der Waals surface area contributed by atoms with Crippen molar-refractivity contribution in [3.05, 3.63) is 22.8 Å². The van der Waals surface area contributed by atoms with Crippen molar-refractivity contribution >= 4 is 0 Å². The third-order valence-corrected chi connectivity index (χ3v) is 2.56. The second-order valence-corrected chi connectivity index (χ2v) is 3.62. The number of hydrogen-bond acceptors (Lipinski definition) is 0. The van der Waals surface area contributed by atoms with E-state index in [2.05, 4.69) is 40.7 Å². The molecule has 0 atom stereocenters. The summed E-state index contributed by atoms with van der Waals surface area (Å²) < 4.78 is 0. The molecule has 0 aliphatic heterocycles. The van der Waals surface area contributed by atoms with E-state index in [1.807, 2.05) is 0 Å². The molecule has 0 unspecified atom stereocenters. The van der Waals surface area contributed by atoms with Gasteiger partial charge < -0.3 is 0 Å². The van der Waals surface area contributed by atoms with Gasteiger partial charge in [-0.15, -0.1) is 6.92 Å². The first kappa shape index (κ1) is 11.1. The molecule has 0 amide bonds. The van der Waals surface area contributed by atoms with Gasteiger partial charge in [-0.3, -0.25) is 6.08 Å². The van der Waals surface area contributed by atoms with Crippen molar-refractivity contribution in [2.75, 3.05) is 0 Å². The Morgan fingerprint density at radius 2 is 1.55 bits per heavy atom. The predicted octanol–water partition coefficient (Wildman–Crippen LogP) is 3.11. The zero-order valence-corrected chi connectivity index (χ0v) is 10.2. The normalized spacial score (nSPS) is 21.4. The maximum Gasteiger partial charge on any atom is 3.00 e. The molecule has 62 valence electrons. The molecule has 11 heavy (non-hydrogen) atoms. The van der Waals surface area contributed by atoms with Gasteiger partial charge in [0.2, 0.25) is 0 Å². The Balaban J connectivity index is 0.000001000. The molecule has 1 heteroatoms. The Kier molecular flexibility index (Phi) is 3.28. The summed E-state index contributed by atoms with van der Waals surface area (Å²) >= 11 is 0. The number of rotatable bonds is 0. The Labute approximate surface area is 83.1 Å². The molecular weight excluding hydrogens is 312 g/mol. The largest absolute Gasteiger partial charge is 3.00 e. The fraction of sp³-hybridized carbons (Fsp3) is 0.600. The Bertz CT molecular complexity index is 219. The van der Waals surface area contributed by atoms with Crippen LogP contribution in [0, 0.1) is 11.5 Å². The molecule has 1 aliphatic rings. The maximum atomic E-state index is 3.44. The number of hydrogen-bond donors (Lipinski definition) is 0. The van der Waals surface area contributed by atoms with E-state index in [-0.39, 0.29) is 25.5 Å². The zero-order chi connectivity index (χ0) is 7.94. The van der Waals surface area contributed by atoms with Crippen molar-refractivity contribution in [2.24, 2.45) is 5.41 Å². The Hall–Kier alpha value is 0.129. The third kappa shape index (κ3) is 1.83. The maximum absolute atomic E-state index is 3.44. The van der Waals surface area contributed by atoms with E-state index in [4.69, 9.17) is 0 Å². The summed E-state index contributed by atoms with van der Waals surface area (Å²) in [6.07, 6.45) is 3.44. The first-order valence-corrected chi connectivity index (χ1v) is 3.75. The van der Waals surface area contributed by atoms with Gasteiger partial charge in [-0.25, -0.2) is 5.57 Å².